The lowest BCUT2D eigenvalue weighted by atomic mass is 10.1. The van der Waals surface area contributed by atoms with Gasteiger partial charge in [0, 0.05) is 25.0 Å². The standard InChI is InChI=1S/C22H24N4O2S/c1-4-25(5-2)17-12-8-16(9-13-17)23-14-19-20(27)24-22(29)26(21(19)28)18-10-6-15(3)7-11-18/h6-14,19H,4-5H2,1-3H3,(H,24,27,29)/t19-/m1/s1. The third-order valence-corrected chi connectivity index (χ3v) is 5.13. The minimum atomic E-state index is -1.04. The highest BCUT2D eigenvalue weighted by atomic mass is 32.1. The van der Waals surface area contributed by atoms with E-state index in [9.17, 15) is 9.59 Å². The maximum atomic E-state index is 13.0. The van der Waals surface area contributed by atoms with Crippen LogP contribution in [0.25, 0.3) is 0 Å². The molecule has 7 heteroatoms. The Kier molecular flexibility index (Phi) is 6.39. The summed E-state index contributed by atoms with van der Waals surface area (Å²) in [4.78, 5) is 33.2. The first-order valence-corrected chi connectivity index (χ1v) is 10.00. The number of carbonyl (C=O) groups is 2. The van der Waals surface area contributed by atoms with E-state index in [4.69, 9.17) is 12.2 Å². The van der Waals surface area contributed by atoms with Crippen molar-refractivity contribution in [2.24, 2.45) is 10.9 Å². The van der Waals surface area contributed by atoms with Gasteiger partial charge in [-0.2, -0.15) is 0 Å². The van der Waals surface area contributed by atoms with Gasteiger partial charge in [-0.25, -0.2) is 0 Å². The van der Waals surface area contributed by atoms with Gasteiger partial charge >= 0.3 is 0 Å². The third kappa shape index (κ3) is 4.51. The Labute approximate surface area is 176 Å². The van der Waals surface area contributed by atoms with Crippen molar-refractivity contribution >= 4 is 52.4 Å². The van der Waals surface area contributed by atoms with Crippen molar-refractivity contribution < 1.29 is 9.59 Å². The summed E-state index contributed by atoms with van der Waals surface area (Å²) in [7, 11) is 0. The molecule has 0 bridgehead atoms. The molecule has 1 aliphatic heterocycles. The molecular formula is C22H24N4O2S. The number of hydrogen-bond acceptors (Lipinski definition) is 5. The number of hydrogen-bond donors (Lipinski definition) is 1. The molecule has 1 atom stereocenters. The zero-order valence-corrected chi connectivity index (χ0v) is 17.6. The van der Waals surface area contributed by atoms with Crippen LogP contribution in [-0.4, -0.2) is 36.2 Å². The van der Waals surface area contributed by atoms with Crippen LogP contribution in [0.15, 0.2) is 53.5 Å². The van der Waals surface area contributed by atoms with Gasteiger partial charge in [-0.15, -0.1) is 0 Å². The van der Waals surface area contributed by atoms with E-state index in [1.54, 1.807) is 12.1 Å². The molecule has 2 amide bonds. The van der Waals surface area contributed by atoms with E-state index in [-0.39, 0.29) is 5.11 Å². The zero-order chi connectivity index (χ0) is 21.0. The molecule has 0 unspecified atom stereocenters. The van der Waals surface area contributed by atoms with Crippen LogP contribution in [0.4, 0.5) is 17.1 Å². The average molecular weight is 409 g/mol. The molecule has 6 nitrogen and oxygen atoms in total. The van der Waals surface area contributed by atoms with E-state index < -0.39 is 17.7 Å². The van der Waals surface area contributed by atoms with Gasteiger partial charge in [0.05, 0.1) is 11.4 Å². The maximum absolute atomic E-state index is 13.0. The lowest BCUT2D eigenvalue weighted by Gasteiger charge is -2.30. The number of rotatable bonds is 6. The first kappa shape index (κ1) is 20.7. The predicted octanol–water partition coefficient (Wildman–Crippen LogP) is 3.61. The summed E-state index contributed by atoms with van der Waals surface area (Å²) in [6.45, 7) is 8.01. The largest absolute Gasteiger partial charge is 0.372 e. The van der Waals surface area contributed by atoms with Crippen LogP contribution in [-0.2, 0) is 9.59 Å². The number of aliphatic imine (C=N–C) groups is 1. The summed E-state index contributed by atoms with van der Waals surface area (Å²) >= 11 is 5.21. The Morgan fingerprint density at radius 1 is 1.07 bits per heavy atom. The van der Waals surface area contributed by atoms with E-state index in [1.807, 2.05) is 43.3 Å². The summed E-state index contributed by atoms with van der Waals surface area (Å²) in [5.74, 6) is -1.91. The van der Waals surface area contributed by atoms with E-state index in [0.717, 1.165) is 24.3 Å². The SMILES string of the molecule is CCN(CC)c1ccc(N=C[C@@H]2C(=O)NC(=S)N(c3ccc(C)cc3)C2=O)cc1. The maximum Gasteiger partial charge on any atom is 0.251 e. The molecule has 0 aromatic heterocycles. The van der Waals surface area contributed by atoms with Gasteiger partial charge in [0.25, 0.3) is 5.91 Å². The summed E-state index contributed by atoms with van der Waals surface area (Å²) in [6.07, 6.45) is 1.38. The van der Waals surface area contributed by atoms with Gasteiger partial charge in [-0.3, -0.25) is 19.5 Å². The van der Waals surface area contributed by atoms with Crippen molar-refractivity contribution in [1.29, 1.82) is 0 Å². The lowest BCUT2D eigenvalue weighted by molar-refractivity contribution is -0.130. The molecule has 1 heterocycles. The van der Waals surface area contributed by atoms with E-state index in [2.05, 4.69) is 29.1 Å². The van der Waals surface area contributed by atoms with Gasteiger partial charge in [0.1, 0.15) is 0 Å². The molecule has 1 aliphatic rings. The molecule has 0 saturated carbocycles. The van der Waals surface area contributed by atoms with Crippen molar-refractivity contribution in [2.45, 2.75) is 20.8 Å². The summed E-state index contributed by atoms with van der Waals surface area (Å²) in [5, 5.41) is 2.68. The smallest absolute Gasteiger partial charge is 0.251 e. The lowest BCUT2D eigenvalue weighted by Crippen LogP contribution is -2.58. The molecular weight excluding hydrogens is 384 g/mol. The van der Waals surface area contributed by atoms with Gasteiger partial charge in [0.15, 0.2) is 11.0 Å². The number of benzene rings is 2. The zero-order valence-electron chi connectivity index (χ0n) is 16.8. The second-order valence-electron chi connectivity index (χ2n) is 6.75. The highest BCUT2D eigenvalue weighted by molar-refractivity contribution is 7.80. The summed E-state index contributed by atoms with van der Waals surface area (Å²) in [6, 6.07) is 15.1. The average Bonchev–Trinajstić information content (AvgIpc) is 2.71. The van der Waals surface area contributed by atoms with Crippen molar-refractivity contribution in [3.63, 3.8) is 0 Å². The fourth-order valence-corrected chi connectivity index (χ4v) is 3.45. The monoisotopic (exact) mass is 408 g/mol. The summed E-state index contributed by atoms with van der Waals surface area (Å²) in [5.41, 5.74) is 3.47. The first-order valence-electron chi connectivity index (χ1n) is 9.59. The molecule has 2 aromatic rings. The van der Waals surface area contributed by atoms with Gasteiger partial charge < -0.3 is 10.2 Å². The van der Waals surface area contributed by atoms with E-state index >= 15 is 0 Å². The second kappa shape index (κ2) is 8.96. The minimum Gasteiger partial charge on any atom is -0.372 e. The van der Waals surface area contributed by atoms with Gasteiger partial charge in [0.2, 0.25) is 5.91 Å². The Bertz CT molecular complexity index is 934. The van der Waals surface area contributed by atoms with E-state index in [0.29, 0.717) is 11.4 Å². The third-order valence-electron chi connectivity index (χ3n) is 4.85. The number of amides is 2. The number of aryl methyl sites for hydroxylation is 1. The molecule has 2 aromatic carbocycles. The molecule has 1 fully saturated rings. The number of carbonyl (C=O) groups excluding carboxylic acids is 2. The van der Waals surface area contributed by atoms with Gasteiger partial charge in [-0.1, -0.05) is 17.7 Å². The molecule has 150 valence electrons. The number of nitrogens with one attached hydrogen (secondary N) is 1. The normalized spacial score (nSPS) is 17.0. The fraction of sp³-hybridized carbons (Fsp3) is 0.273. The molecule has 1 saturated heterocycles. The Morgan fingerprint density at radius 3 is 2.28 bits per heavy atom. The van der Waals surface area contributed by atoms with E-state index in [1.165, 1.54) is 11.1 Å². The van der Waals surface area contributed by atoms with Crippen LogP contribution in [0, 0.1) is 12.8 Å². The topological polar surface area (TPSA) is 65.0 Å². The molecule has 0 spiro atoms. The van der Waals surface area contributed by atoms with Crippen LogP contribution in [0.2, 0.25) is 0 Å². The van der Waals surface area contributed by atoms with Crippen LogP contribution in [0.3, 0.4) is 0 Å². The molecule has 1 N–H and O–H groups in total. The van der Waals surface area contributed by atoms with Crippen LogP contribution in [0.1, 0.15) is 19.4 Å². The Morgan fingerprint density at radius 2 is 1.69 bits per heavy atom. The van der Waals surface area contributed by atoms with Crippen molar-refractivity contribution in [3.05, 3.63) is 54.1 Å². The highest BCUT2D eigenvalue weighted by Crippen LogP contribution is 2.23. The van der Waals surface area contributed by atoms with Gasteiger partial charge in [-0.05, 0) is 69.4 Å². The highest BCUT2D eigenvalue weighted by Gasteiger charge is 2.38. The molecule has 3 rings (SSSR count). The number of nitrogens with zero attached hydrogens (tertiary/aromatic N) is 3. The molecule has 0 radical (unpaired) electrons. The Balaban J connectivity index is 1.80. The Hall–Kier alpha value is -3.06. The van der Waals surface area contributed by atoms with Crippen molar-refractivity contribution in [2.75, 3.05) is 22.9 Å². The first-order chi connectivity index (χ1) is 13.9. The van der Waals surface area contributed by atoms with Crippen molar-refractivity contribution in [3.8, 4) is 0 Å². The molecule has 0 aliphatic carbocycles. The molecule has 29 heavy (non-hydrogen) atoms. The van der Waals surface area contributed by atoms with Crippen LogP contribution < -0.4 is 15.1 Å². The van der Waals surface area contributed by atoms with Crippen LogP contribution >= 0.6 is 12.2 Å². The number of thiocarbonyl (C=S) groups is 1. The quantitative estimate of drug-likeness (QED) is 0.451. The minimum absolute atomic E-state index is 0.0806. The van der Waals surface area contributed by atoms with Crippen LogP contribution in [0.5, 0.6) is 0 Å². The second-order valence-corrected chi connectivity index (χ2v) is 7.13. The number of anilines is 2. The van der Waals surface area contributed by atoms with Crippen molar-refractivity contribution in [1.82, 2.24) is 5.32 Å². The summed E-state index contributed by atoms with van der Waals surface area (Å²) < 4.78 is 0. The predicted molar refractivity (Wildman–Crippen MR) is 121 cm³/mol. The fourth-order valence-electron chi connectivity index (χ4n) is 3.16.